The third-order valence-corrected chi connectivity index (χ3v) is 5.83. The largest absolute Gasteiger partial charge is 0.493 e. The Bertz CT molecular complexity index is 1580. The van der Waals surface area contributed by atoms with E-state index in [9.17, 15) is 9.59 Å². The van der Waals surface area contributed by atoms with Crippen LogP contribution in [0.3, 0.4) is 0 Å². The van der Waals surface area contributed by atoms with Gasteiger partial charge >= 0.3 is 0 Å². The first-order valence-electron chi connectivity index (χ1n) is 11.8. The Kier molecular flexibility index (Phi) is 6.99. The maximum absolute atomic E-state index is 13.0. The van der Waals surface area contributed by atoms with Gasteiger partial charge in [-0.2, -0.15) is 0 Å². The maximum Gasteiger partial charge on any atom is 0.257 e. The van der Waals surface area contributed by atoms with Crippen molar-refractivity contribution in [3.8, 4) is 28.6 Å². The maximum atomic E-state index is 13.0. The van der Waals surface area contributed by atoms with Crippen LogP contribution in [-0.2, 0) is 6.61 Å². The number of aryl methyl sites for hydroxylation is 1. The van der Waals surface area contributed by atoms with Crippen LogP contribution >= 0.6 is 0 Å². The summed E-state index contributed by atoms with van der Waals surface area (Å²) < 4.78 is 18.7. The van der Waals surface area contributed by atoms with Crippen molar-refractivity contribution < 1.29 is 23.5 Å². The van der Waals surface area contributed by atoms with E-state index in [-0.39, 0.29) is 18.0 Å². The molecule has 0 unspecified atom stereocenters. The molecule has 0 saturated heterocycles. The molecule has 0 atom stereocenters. The second-order valence-electron chi connectivity index (χ2n) is 8.33. The number of amides is 1. The van der Waals surface area contributed by atoms with Crippen molar-refractivity contribution in [1.82, 2.24) is 14.8 Å². The Morgan fingerprint density at radius 3 is 2.47 bits per heavy atom. The Balaban J connectivity index is 1.30. The molecule has 0 saturated carbocycles. The minimum absolute atomic E-state index is 0.156. The molecular formula is C29H24N4O5. The number of aromatic nitrogens is 3. The third-order valence-electron chi connectivity index (χ3n) is 5.83. The standard InChI is InChI=1S/C29H24N4O5/c1-19-24(30-29(38-19)20-9-5-3-6-10-20)18-37-25-14-13-21(15-26(25)36-2)28(35)31-27-22(17-34)16-33(32-27)23-11-7-4-8-12-23/h3-17H,18H2,1-2H3,(H,31,32,35). The second kappa shape index (κ2) is 10.8. The molecule has 2 heterocycles. The summed E-state index contributed by atoms with van der Waals surface area (Å²) in [7, 11) is 1.49. The van der Waals surface area contributed by atoms with Crippen molar-refractivity contribution in [1.29, 1.82) is 0 Å². The molecule has 0 radical (unpaired) electrons. The van der Waals surface area contributed by atoms with Crippen LogP contribution in [-0.4, -0.2) is 34.1 Å². The van der Waals surface area contributed by atoms with Gasteiger partial charge in [-0.05, 0) is 49.4 Å². The highest BCUT2D eigenvalue weighted by molar-refractivity contribution is 6.06. The van der Waals surface area contributed by atoms with Crippen LogP contribution in [0.4, 0.5) is 5.82 Å². The number of benzene rings is 3. The molecule has 0 aliphatic carbocycles. The average Bonchev–Trinajstić information content (AvgIpc) is 3.55. The average molecular weight is 509 g/mol. The van der Waals surface area contributed by atoms with E-state index in [4.69, 9.17) is 13.9 Å². The molecule has 0 fully saturated rings. The number of ether oxygens (including phenoxy) is 2. The van der Waals surface area contributed by atoms with Gasteiger partial charge in [0.25, 0.3) is 5.91 Å². The number of hydrogen-bond acceptors (Lipinski definition) is 7. The van der Waals surface area contributed by atoms with Gasteiger partial charge in [0.15, 0.2) is 23.6 Å². The van der Waals surface area contributed by atoms with Gasteiger partial charge in [0, 0.05) is 17.3 Å². The highest BCUT2D eigenvalue weighted by Crippen LogP contribution is 2.30. The van der Waals surface area contributed by atoms with Gasteiger partial charge < -0.3 is 19.2 Å². The fraction of sp³-hybridized carbons (Fsp3) is 0.103. The molecule has 9 nitrogen and oxygen atoms in total. The first kappa shape index (κ1) is 24.5. The van der Waals surface area contributed by atoms with Crippen molar-refractivity contribution in [2.45, 2.75) is 13.5 Å². The summed E-state index contributed by atoms with van der Waals surface area (Å²) in [4.78, 5) is 29.1. The van der Waals surface area contributed by atoms with Gasteiger partial charge in [-0.3, -0.25) is 9.59 Å². The molecule has 0 bridgehead atoms. The first-order valence-corrected chi connectivity index (χ1v) is 11.8. The molecule has 190 valence electrons. The Morgan fingerprint density at radius 2 is 1.76 bits per heavy atom. The van der Waals surface area contributed by atoms with E-state index in [0.717, 1.165) is 11.3 Å². The Hall–Kier alpha value is -5.18. The van der Waals surface area contributed by atoms with E-state index in [1.54, 1.807) is 24.4 Å². The highest BCUT2D eigenvalue weighted by atomic mass is 16.5. The van der Waals surface area contributed by atoms with Crippen LogP contribution in [0.25, 0.3) is 17.1 Å². The van der Waals surface area contributed by atoms with Gasteiger partial charge in [-0.25, -0.2) is 9.67 Å². The quantitative estimate of drug-likeness (QED) is 0.262. The molecule has 1 amide bonds. The number of hydrogen-bond donors (Lipinski definition) is 1. The van der Waals surface area contributed by atoms with Crippen molar-refractivity contribution in [3.05, 3.63) is 108 Å². The van der Waals surface area contributed by atoms with Gasteiger partial charge in [0.05, 0.1) is 18.4 Å². The fourth-order valence-corrected chi connectivity index (χ4v) is 3.80. The molecule has 3 aromatic carbocycles. The van der Waals surface area contributed by atoms with Crippen LogP contribution in [0.1, 0.15) is 32.2 Å². The molecule has 1 N–H and O–H groups in total. The summed E-state index contributed by atoms with van der Waals surface area (Å²) in [6, 6.07) is 23.7. The molecular weight excluding hydrogens is 484 g/mol. The lowest BCUT2D eigenvalue weighted by Crippen LogP contribution is -2.14. The van der Waals surface area contributed by atoms with Gasteiger partial charge in [0.2, 0.25) is 5.89 Å². The fourth-order valence-electron chi connectivity index (χ4n) is 3.80. The molecule has 2 aromatic heterocycles. The molecule has 38 heavy (non-hydrogen) atoms. The Labute approximate surface area is 218 Å². The van der Waals surface area contributed by atoms with E-state index in [2.05, 4.69) is 15.4 Å². The number of methoxy groups -OCH3 is 1. The molecule has 0 aliphatic heterocycles. The van der Waals surface area contributed by atoms with Crippen LogP contribution in [0, 0.1) is 6.92 Å². The summed E-state index contributed by atoms with van der Waals surface area (Å²) in [5, 5.41) is 7.06. The molecule has 0 spiro atoms. The van der Waals surface area contributed by atoms with Crippen molar-refractivity contribution in [2.24, 2.45) is 0 Å². The smallest absolute Gasteiger partial charge is 0.257 e. The molecule has 0 aliphatic rings. The number of nitrogens with zero attached hydrogens (tertiary/aromatic N) is 3. The first-order chi connectivity index (χ1) is 18.6. The summed E-state index contributed by atoms with van der Waals surface area (Å²) >= 11 is 0. The van der Waals surface area contributed by atoms with Gasteiger partial charge in [-0.1, -0.05) is 36.4 Å². The van der Waals surface area contributed by atoms with E-state index in [0.29, 0.717) is 40.7 Å². The summed E-state index contributed by atoms with van der Waals surface area (Å²) in [6.45, 7) is 1.99. The third kappa shape index (κ3) is 5.17. The topological polar surface area (TPSA) is 108 Å². The molecule has 9 heteroatoms. The van der Waals surface area contributed by atoms with E-state index in [1.165, 1.54) is 11.8 Å². The molecule has 5 aromatic rings. The minimum Gasteiger partial charge on any atom is -0.493 e. The van der Waals surface area contributed by atoms with Gasteiger partial charge in [-0.15, -0.1) is 5.10 Å². The zero-order chi connectivity index (χ0) is 26.5. The van der Waals surface area contributed by atoms with Crippen LogP contribution in [0.2, 0.25) is 0 Å². The van der Waals surface area contributed by atoms with Crippen LogP contribution in [0.15, 0.2) is 89.5 Å². The van der Waals surface area contributed by atoms with E-state index < -0.39 is 5.91 Å². The number of carbonyl (C=O) groups excluding carboxylic acids is 2. The number of oxazole rings is 1. The van der Waals surface area contributed by atoms with Crippen LogP contribution < -0.4 is 14.8 Å². The van der Waals surface area contributed by atoms with Crippen molar-refractivity contribution >= 4 is 18.0 Å². The van der Waals surface area contributed by atoms with E-state index >= 15 is 0 Å². The summed E-state index contributed by atoms with van der Waals surface area (Å²) in [5.41, 5.74) is 2.86. The van der Waals surface area contributed by atoms with Crippen molar-refractivity contribution in [2.75, 3.05) is 12.4 Å². The summed E-state index contributed by atoms with van der Waals surface area (Å²) in [5.74, 6) is 1.69. The van der Waals surface area contributed by atoms with Crippen LogP contribution in [0.5, 0.6) is 11.5 Å². The zero-order valence-corrected chi connectivity index (χ0v) is 20.8. The minimum atomic E-state index is -0.448. The predicted octanol–water partition coefficient (Wildman–Crippen LogP) is 5.49. The number of nitrogens with one attached hydrogen (secondary N) is 1. The highest BCUT2D eigenvalue weighted by Gasteiger charge is 2.17. The number of para-hydroxylation sites is 1. The number of rotatable bonds is 9. The monoisotopic (exact) mass is 508 g/mol. The lowest BCUT2D eigenvalue weighted by molar-refractivity contribution is 0.102. The van der Waals surface area contributed by atoms with E-state index in [1.807, 2.05) is 67.6 Å². The predicted molar refractivity (Wildman–Crippen MR) is 141 cm³/mol. The van der Waals surface area contributed by atoms with Crippen molar-refractivity contribution in [3.63, 3.8) is 0 Å². The Morgan fingerprint density at radius 1 is 1.03 bits per heavy atom. The number of aldehydes is 1. The second-order valence-corrected chi connectivity index (χ2v) is 8.33. The zero-order valence-electron chi connectivity index (χ0n) is 20.8. The summed E-state index contributed by atoms with van der Waals surface area (Å²) in [6.07, 6.45) is 2.21. The normalized spacial score (nSPS) is 10.7. The number of anilines is 1. The number of carbonyl (C=O) groups is 2. The SMILES string of the molecule is COc1cc(C(=O)Nc2nn(-c3ccccc3)cc2C=O)ccc1OCc1nc(-c2ccccc2)oc1C. The molecule has 5 rings (SSSR count). The van der Waals surface area contributed by atoms with Gasteiger partial charge in [0.1, 0.15) is 18.1 Å². The lowest BCUT2D eigenvalue weighted by Gasteiger charge is -2.11. The lowest BCUT2D eigenvalue weighted by atomic mass is 10.2.